The lowest BCUT2D eigenvalue weighted by Gasteiger charge is -2.09. The third kappa shape index (κ3) is 2.37. The first-order valence-corrected chi connectivity index (χ1v) is 8.71. The molecule has 0 spiro atoms. The van der Waals surface area contributed by atoms with Crippen LogP contribution in [0.2, 0.25) is 5.02 Å². The van der Waals surface area contributed by atoms with Gasteiger partial charge < -0.3 is 0 Å². The predicted octanol–water partition coefficient (Wildman–Crippen LogP) is 3.13. The summed E-state index contributed by atoms with van der Waals surface area (Å²) in [5.74, 6) is 0. The molecule has 2 heterocycles. The summed E-state index contributed by atoms with van der Waals surface area (Å²) in [6.07, 6.45) is 3.17. The Kier molecular flexibility index (Phi) is 3.56. The van der Waals surface area contributed by atoms with Crippen LogP contribution in [0.5, 0.6) is 0 Å². The molecule has 0 radical (unpaired) electrons. The lowest BCUT2D eigenvalue weighted by atomic mass is 10.2. The predicted molar refractivity (Wildman–Crippen MR) is 93.9 cm³/mol. The first-order valence-electron chi connectivity index (χ1n) is 7.52. The van der Waals surface area contributed by atoms with E-state index >= 15 is 0 Å². The Labute approximate surface area is 146 Å². The maximum atomic E-state index is 12.6. The van der Waals surface area contributed by atoms with Crippen LogP contribution in [0.4, 0.5) is 0 Å². The molecule has 24 heavy (non-hydrogen) atoms. The molecule has 1 aliphatic carbocycles. The van der Waals surface area contributed by atoms with Crippen LogP contribution in [-0.2, 0) is 6.54 Å². The standard InChI is InChI=1S/C17H12ClN3O2S/c18-15-12-3-1-2-4-13(12)24-14(15)9-21-16(22)10(7-19)8-20(17(21)23)11-5-6-11/h1-4,8,11H,5-6,9H2. The number of nitriles is 1. The van der Waals surface area contributed by atoms with Crippen LogP contribution >= 0.6 is 22.9 Å². The van der Waals surface area contributed by atoms with Gasteiger partial charge in [0.05, 0.1) is 11.6 Å². The van der Waals surface area contributed by atoms with E-state index in [-0.39, 0.29) is 23.8 Å². The zero-order chi connectivity index (χ0) is 16.8. The molecule has 1 aliphatic rings. The summed E-state index contributed by atoms with van der Waals surface area (Å²) < 4.78 is 3.62. The van der Waals surface area contributed by atoms with Crippen molar-refractivity contribution in [1.29, 1.82) is 5.26 Å². The number of aromatic nitrogens is 2. The van der Waals surface area contributed by atoms with Gasteiger partial charge in [0.25, 0.3) is 5.56 Å². The fourth-order valence-corrected chi connectivity index (χ4v) is 4.24. The van der Waals surface area contributed by atoms with Crippen molar-refractivity contribution in [3.63, 3.8) is 0 Å². The van der Waals surface area contributed by atoms with Crippen molar-refractivity contribution in [3.05, 3.63) is 66.8 Å². The van der Waals surface area contributed by atoms with E-state index in [0.717, 1.165) is 32.4 Å². The van der Waals surface area contributed by atoms with E-state index in [0.29, 0.717) is 5.02 Å². The van der Waals surface area contributed by atoms with Crippen LogP contribution in [0.25, 0.3) is 10.1 Å². The molecule has 0 bridgehead atoms. The summed E-state index contributed by atoms with van der Waals surface area (Å²) in [4.78, 5) is 25.8. The van der Waals surface area contributed by atoms with E-state index in [1.807, 2.05) is 30.3 Å². The molecule has 0 saturated heterocycles. The van der Waals surface area contributed by atoms with Gasteiger partial charge in [0, 0.05) is 27.2 Å². The molecule has 0 unspecified atom stereocenters. The molecule has 1 aromatic carbocycles. The Bertz CT molecular complexity index is 1120. The highest BCUT2D eigenvalue weighted by Crippen LogP contribution is 2.35. The van der Waals surface area contributed by atoms with E-state index in [9.17, 15) is 14.9 Å². The number of benzene rings is 1. The second-order valence-electron chi connectivity index (χ2n) is 5.80. The van der Waals surface area contributed by atoms with Gasteiger partial charge in [-0.1, -0.05) is 29.8 Å². The normalized spacial score (nSPS) is 14.0. The Morgan fingerprint density at radius 3 is 2.71 bits per heavy atom. The molecule has 4 rings (SSSR count). The van der Waals surface area contributed by atoms with Gasteiger partial charge in [-0.05, 0) is 18.9 Å². The van der Waals surface area contributed by atoms with Crippen molar-refractivity contribution >= 4 is 33.0 Å². The molecular formula is C17H12ClN3O2S. The fourth-order valence-electron chi connectivity index (χ4n) is 2.76. The molecule has 120 valence electrons. The topological polar surface area (TPSA) is 67.8 Å². The first-order chi connectivity index (χ1) is 11.6. The van der Waals surface area contributed by atoms with Crippen molar-refractivity contribution in [2.75, 3.05) is 0 Å². The van der Waals surface area contributed by atoms with Crippen molar-refractivity contribution in [3.8, 4) is 6.07 Å². The molecule has 2 aromatic heterocycles. The number of rotatable bonds is 3. The van der Waals surface area contributed by atoms with Crippen LogP contribution in [0.3, 0.4) is 0 Å². The molecular weight excluding hydrogens is 346 g/mol. The van der Waals surface area contributed by atoms with E-state index in [1.165, 1.54) is 22.1 Å². The average molecular weight is 358 g/mol. The number of thiophene rings is 1. The van der Waals surface area contributed by atoms with Gasteiger partial charge in [0.2, 0.25) is 0 Å². The second-order valence-corrected chi connectivity index (χ2v) is 7.32. The Balaban J connectivity index is 1.88. The van der Waals surface area contributed by atoms with E-state index in [2.05, 4.69) is 0 Å². The SMILES string of the molecule is N#Cc1cn(C2CC2)c(=O)n(Cc2sc3ccccc3c2Cl)c1=O. The van der Waals surface area contributed by atoms with Gasteiger partial charge in [-0.2, -0.15) is 5.26 Å². The molecule has 1 fully saturated rings. The monoisotopic (exact) mass is 357 g/mol. The number of halogens is 1. The minimum Gasteiger partial charge on any atom is -0.296 e. The fraction of sp³-hybridized carbons (Fsp3) is 0.235. The third-order valence-corrected chi connectivity index (χ3v) is 5.86. The van der Waals surface area contributed by atoms with Gasteiger partial charge in [-0.15, -0.1) is 11.3 Å². The number of hydrogen-bond acceptors (Lipinski definition) is 4. The van der Waals surface area contributed by atoms with Gasteiger partial charge in [0.15, 0.2) is 0 Å². The highest BCUT2D eigenvalue weighted by molar-refractivity contribution is 7.19. The zero-order valence-corrected chi connectivity index (χ0v) is 14.1. The minimum atomic E-state index is -0.562. The number of hydrogen-bond donors (Lipinski definition) is 0. The first kappa shape index (κ1) is 15.2. The van der Waals surface area contributed by atoms with Gasteiger partial charge in [-0.25, -0.2) is 4.79 Å². The summed E-state index contributed by atoms with van der Waals surface area (Å²) in [5.41, 5.74) is -0.957. The van der Waals surface area contributed by atoms with Crippen molar-refractivity contribution in [2.24, 2.45) is 0 Å². The summed E-state index contributed by atoms with van der Waals surface area (Å²) in [5, 5.41) is 10.7. The molecule has 0 N–H and O–H groups in total. The maximum absolute atomic E-state index is 12.6. The Morgan fingerprint density at radius 2 is 2.04 bits per heavy atom. The number of nitrogens with zero attached hydrogens (tertiary/aromatic N) is 3. The third-order valence-electron chi connectivity index (χ3n) is 4.16. The molecule has 0 amide bonds. The lowest BCUT2D eigenvalue weighted by molar-refractivity contribution is 0.591. The minimum absolute atomic E-state index is 0.0151. The quantitative estimate of drug-likeness (QED) is 0.723. The largest absolute Gasteiger partial charge is 0.331 e. The summed E-state index contributed by atoms with van der Waals surface area (Å²) >= 11 is 7.88. The van der Waals surface area contributed by atoms with Crippen LogP contribution in [0, 0.1) is 11.3 Å². The van der Waals surface area contributed by atoms with Gasteiger partial charge >= 0.3 is 5.69 Å². The molecule has 5 nitrogen and oxygen atoms in total. The summed E-state index contributed by atoms with van der Waals surface area (Å²) in [6, 6.07) is 9.66. The molecule has 3 aromatic rings. The lowest BCUT2D eigenvalue weighted by Crippen LogP contribution is -2.40. The smallest absolute Gasteiger partial charge is 0.296 e. The van der Waals surface area contributed by atoms with Crippen molar-refractivity contribution < 1.29 is 0 Å². The van der Waals surface area contributed by atoms with E-state index in [1.54, 1.807) is 0 Å². The van der Waals surface area contributed by atoms with Gasteiger partial charge in [-0.3, -0.25) is 13.9 Å². The second kappa shape index (κ2) is 5.62. The van der Waals surface area contributed by atoms with Crippen molar-refractivity contribution in [2.45, 2.75) is 25.4 Å². The molecule has 7 heteroatoms. The van der Waals surface area contributed by atoms with E-state index in [4.69, 9.17) is 11.6 Å². The summed E-state index contributed by atoms with van der Waals surface area (Å²) in [7, 11) is 0. The van der Waals surface area contributed by atoms with Crippen LogP contribution in [0.1, 0.15) is 29.3 Å². The maximum Gasteiger partial charge on any atom is 0.331 e. The van der Waals surface area contributed by atoms with E-state index < -0.39 is 5.56 Å². The van der Waals surface area contributed by atoms with Crippen LogP contribution in [0.15, 0.2) is 40.1 Å². The molecule has 0 aliphatic heterocycles. The van der Waals surface area contributed by atoms with Crippen LogP contribution < -0.4 is 11.2 Å². The summed E-state index contributed by atoms with van der Waals surface area (Å²) in [6.45, 7) is 0.0814. The highest BCUT2D eigenvalue weighted by Gasteiger charge is 2.27. The Morgan fingerprint density at radius 1 is 1.29 bits per heavy atom. The zero-order valence-electron chi connectivity index (χ0n) is 12.5. The number of fused-ring (bicyclic) bond motifs is 1. The Hall–Kier alpha value is -2.36. The van der Waals surface area contributed by atoms with Gasteiger partial charge in [0.1, 0.15) is 11.6 Å². The molecule has 0 atom stereocenters. The average Bonchev–Trinajstić information content (AvgIpc) is 3.38. The highest BCUT2D eigenvalue weighted by atomic mass is 35.5. The van der Waals surface area contributed by atoms with Crippen molar-refractivity contribution in [1.82, 2.24) is 9.13 Å². The molecule has 1 saturated carbocycles. The van der Waals surface area contributed by atoms with Crippen LogP contribution in [-0.4, -0.2) is 9.13 Å².